The maximum atomic E-state index is 12.8. The van der Waals surface area contributed by atoms with Gasteiger partial charge in [-0.15, -0.1) is 0 Å². The largest absolute Gasteiger partial charge is 0.336 e. The number of hydrogen-bond acceptors (Lipinski definition) is 1. The van der Waals surface area contributed by atoms with Crippen LogP contribution in [0.1, 0.15) is 60.5 Å². The monoisotopic (exact) mass is 259 g/mol. The summed E-state index contributed by atoms with van der Waals surface area (Å²) in [6.45, 7) is 6.99. The highest BCUT2D eigenvalue weighted by atomic mass is 16.2. The average molecular weight is 259 g/mol. The van der Waals surface area contributed by atoms with Crippen molar-refractivity contribution in [1.29, 1.82) is 0 Å². The van der Waals surface area contributed by atoms with E-state index in [0.717, 1.165) is 23.2 Å². The van der Waals surface area contributed by atoms with Gasteiger partial charge in [0.1, 0.15) is 0 Å². The van der Waals surface area contributed by atoms with Crippen molar-refractivity contribution in [2.24, 2.45) is 0 Å². The van der Waals surface area contributed by atoms with Crippen LogP contribution in [0.5, 0.6) is 0 Å². The van der Waals surface area contributed by atoms with Crippen LogP contribution in [0.3, 0.4) is 0 Å². The van der Waals surface area contributed by atoms with E-state index in [1.54, 1.807) is 0 Å². The zero-order chi connectivity index (χ0) is 13.8. The molecule has 1 amide bonds. The Morgan fingerprint density at radius 3 is 2.26 bits per heavy atom. The third-order valence-electron chi connectivity index (χ3n) is 4.31. The molecule has 0 bridgehead atoms. The molecule has 0 unspecified atom stereocenters. The van der Waals surface area contributed by atoms with Crippen LogP contribution >= 0.6 is 0 Å². The molecule has 0 heterocycles. The molecule has 0 radical (unpaired) electrons. The molecule has 0 spiro atoms. The summed E-state index contributed by atoms with van der Waals surface area (Å²) < 4.78 is 0. The van der Waals surface area contributed by atoms with Crippen molar-refractivity contribution in [3.8, 4) is 0 Å². The highest BCUT2D eigenvalue weighted by Gasteiger charge is 2.26. The first-order chi connectivity index (χ1) is 9.15. The highest BCUT2D eigenvalue weighted by Crippen LogP contribution is 2.25. The van der Waals surface area contributed by atoms with Gasteiger partial charge in [-0.1, -0.05) is 37.5 Å². The summed E-state index contributed by atoms with van der Waals surface area (Å²) in [6, 6.07) is 6.55. The van der Waals surface area contributed by atoms with Gasteiger partial charge in [-0.25, -0.2) is 0 Å². The Morgan fingerprint density at radius 2 is 1.74 bits per heavy atom. The third-order valence-corrected chi connectivity index (χ3v) is 4.31. The molecule has 0 atom stereocenters. The van der Waals surface area contributed by atoms with Crippen molar-refractivity contribution in [1.82, 2.24) is 4.90 Å². The minimum absolute atomic E-state index is 0.227. The molecule has 2 nitrogen and oxygen atoms in total. The summed E-state index contributed by atoms with van der Waals surface area (Å²) in [5.74, 6) is 0.227. The van der Waals surface area contributed by atoms with Gasteiger partial charge in [0.05, 0.1) is 0 Å². The molecule has 1 saturated carbocycles. The lowest BCUT2D eigenvalue weighted by Gasteiger charge is -2.34. The SMILES string of the molecule is CCN(C(=O)c1c(C)cccc1C)C1CCCCC1. The predicted molar refractivity (Wildman–Crippen MR) is 79.5 cm³/mol. The Kier molecular flexibility index (Phi) is 4.62. The number of carbonyl (C=O) groups is 1. The maximum absolute atomic E-state index is 12.8. The van der Waals surface area contributed by atoms with Crippen molar-refractivity contribution in [2.45, 2.75) is 58.9 Å². The maximum Gasteiger partial charge on any atom is 0.254 e. The molecule has 0 aliphatic heterocycles. The van der Waals surface area contributed by atoms with Crippen molar-refractivity contribution in [2.75, 3.05) is 6.54 Å². The van der Waals surface area contributed by atoms with Crippen LogP contribution in [-0.2, 0) is 0 Å². The second kappa shape index (κ2) is 6.23. The summed E-state index contributed by atoms with van der Waals surface area (Å²) >= 11 is 0. The Labute approximate surface area is 116 Å². The van der Waals surface area contributed by atoms with Gasteiger partial charge < -0.3 is 4.90 Å². The lowest BCUT2D eigenvalue weighted by molar-refractivity contribution is 0.0646. The van der Waals surface area contributed by atoms with Gasteiger partial charge in [-0.05, 0) is 44.7 Å². The number of hydrogen-bond donors (Lipinski definition) is 0. The number of nitrogens with zero attached hydrogens (tertiary/aromatic N) is 1. The standard InChI is InChI=1S/C17H25NO/c1-4-18(15-11-6-5-7-12-15)17(19)16-13(2)9-8-10-14(16)3/h8-10,15H,4-7,11-12H2,1-3H3. The molecule has 1 aliphatic carbocycles. The Balaban J connectivity index is 2.25. The van der Waals surface area contributed by atoms with Crippen molar-refractivity contribution in [3.05, 3.63) is 34.9 Å². The molecule has 0 N–H and O–H groups in total. The van der Waals surface area contributed by atoms with Gasteiger partial charge >= 0.3 is 0 Å². The van der Waals surface area contributed by atoms with E-state index in [-0.39, 0.29) is 5.91 Å². The minimum atomic E-state index is 0.227. The third kappa shape index (κ3) is 2.99. The van der Waals surface area contributed by atoms with E-state index in [1.807, 2.05) is 32.0 Å². The van der Waals surface area contributed by atoms with Crippen molar-refractivity contribution < 1.29 is 4.79 Å². The van der Waals surface area contributed by atoms with E-state index < -0.39 is 0 Å². The first-order valence-electron chi connectivity index (χ1n) is 7.52. The normalized spacial score (nSPS) is 16.4. The first kappa shape index (κ1) is 14.1. The summed E-state index contributed by atoms with van der Waals surface area (Å²) in [6.07, 6.45) is 6.20. The Hall–Kier alpha value is -1.31. The van der Waals surface area contributed by atoms with Crippen LogP contribution in [0.15, 0.2) is 18.2 Å². The van der Waals surface area contributed by atoms with Crippen LogP contribution in [-0.4, -0.2) is 23.4 Å². The minimum Gasteiger partial charge on any atom is -0.336 e. The second-order valence-electron chi connectivity index (χ2n) is 5.65. The van der Waals surface area contributed by atoms with Crippen LogP contribution in [0.25, 0.3) is 0 Å². The highest BCUT2D eigenvalue weighted by molar-refractivity contribution is 5.97. The molecule has 2 heteroatoms. The molecular weight excluding hydrogens is 234 g/mol. The molecule has 104 valence electrons. The van der Waals surface area contributed by atoms with E-state index in [9.17, 15) is 4.79 Å². The van der Waals surface area contributed by atoms with E-state index in [0.29, 0.717) is 6.04 Å². The van der Waals surface area contributed by atoms with Crippen LogP contribution in [0.4, 0.5) is 0 Å². The molecule has 1 fully saturated rings. The number of amides is 1. The summed E-state index contributed by atoms with van der Waals surface area (Å²) in [7, 11) is 0. The Bertz CT molecular complexity index is 426. The quantitative estimate of drug-likeness (QED) is 0.800. The fourth-order valence-corrected chi connectivity index (χ4v) is 3.26. The summed E-state index contributed by atoms with van der Waals surface area (Å²) in [5, 5.41) is 0. The van der Waals surface area contributed by atoms with Crippen molar-refractivity contribution >= 4 is 5.91 Å². The number of benzene rings is 1. The molecule has 1 aliphatic rings. The van der Waals surface area contributed by atoms with E-state index in [2.05, 4.69) is 11.8 Å². The number of carbonyl (C=O) groups excluding carboxylic acids is 1. The molecule has 0 aromatic heterocycles. The zero-order valence-corrected chi connectivity index (χ0v) is 12.4. The van der Waals surface area contributed by atoms with Gasteiger partial charge in [0, 0.05) is 18.2 Å². The fraction of sp³-hybridized carbons (Fsp3) is 0.588. The van der Waals surface area contributed by atoms with Gasteiger partial charge in [-0.3, -0.25) is 4.79 Å². The van der Waals surface area contributed by atoms with E-state index in [4.69, 9.17) is 0 Å². The molecular formula is C17H25NO. The Morgan fingerprint density at radius 1 is 1.16 bits per heavy atom. The van der Waals surface area contributed by atoms with Gasteiger partial charge in [-0.2, -0.15) is 0 Å². The summed E-state index contributed by atoms with van der Waals surface area (Å²) in [5.41, 5.74) is 3.11. The second-order valence-corrected chi connectivity index (χ2v) is 5.65. The average Bonchev–Trinajstić information content (AvgIpc) is 2.40. The van der Waals surface area contributed by atoms with Crippen LogP contribution in [0, 0.1) is 13.8 Å². The molecule has 1 aromatic carbocycles. The first-order valence-corrected chi connectivity index (χ1v) is 7.52. The van der Waals surface area contributed by atoms with E-state index in [1.165, 1.54) is 32.1 Å². The lowest BCUT2D eigenvalue weighted by atomic mass is 9.93. The fourth-order valence-electron chi connectivity index (χ4n) is 3.26. The van der Waals surface area contributed by atoms with Gasteiger partial charge in [0.2, 0.25) is 0 Å². The number of aryl methyl sites for hydroxylation is 2. The van der Waals surface area contributed by atoms with Gasteiger partial charge in [0.15, 0.2) is 0 Å². The summed E-state index contributed by atoms with van der Waals surface area (Å²) in [4.78, 5) is 14.9. The topological polar surface area (TPSA) is 20.3 Å². The van der Waals surface area contributed by atoms with Gasteiger partial charge in [0.25, 0.3) is 5.91 Å². The van der Waals surface area contributed by atoms with Crippen molar-refractivity contribution in [3.63, 3.8) is 0 Å². The smallest absolute Gasteiger partial charge is 0.254 e. The lowest BCUT2D eigenvalue weighted by Crippen LogP contribution is -2.41. The molecule has 19 heavy (non-hydrogen) atoms. The zero-order valence-electron chi connectivity index (χ0n) is 12.4. The van der Waals surface area contributed by atoms with E-state index >= 15 is 0 Å². The molecule has 1 aromatic rings. The van der Waals surface area contributed by atoms with Crippen LogP contribution in [0.2, 0.25) is 0 Å². The van der Waals surface area contributed by atoms with Crippen LogP contribution < -0.4 is 0 Å². The molecule has 0 saturated heterocycles. The molecule has 2 rings (SSSR count). The number of rotatable bonds is 3. The predicted octanol–water partition coefficient (Wildman–Crippen LogP) is 4.10.